The Morgan fingerprint density at radius 2 is 2.39 bits per heavy atom. The zero-order valence-electron chi connectivity index (χ0n) is 10.3. The minimum atomic E-state index is -2.82. The average Bonchev–Trinajstić information content (AvgIpc) is 2.82. The monoisotopic (exact) mass is 260 g/mol. The molecule has 1 amide bonds. The molecule has 0 aromatic heterocycles. The Labute approximate surface area is 105 Å². The van der Waals surface area contributed by atoms with Crippen molar-refractivity contribution in [2.75, 3.05) is 13.2 Å². The third-order valence-electron chi connectivity index (χ3n) is 3.55. The van der Waals surface area contributed by atoms with Crippen molar-refractivity contribution in [1.29, 1.82) is 0 Å². The zero-order chi connectivity index (χ0) is 13.4. The van der Waals surface area contributed by atoms with Gasteiger partial charge in [0.25, 0.3) is 5.92 Å². The van der Waals surface area contributed by atoms with Gasteiger partial charge in [0, 0.05) is 18.7 Å². The van der Waals surface area contributed by atoms with Crippen molar-refractivity contribution in [1.82, 2.24) is 5.32 Å². The Morgan fingerprint density at radius 1 is 1.67 bits per heavy atom. The first-order chi connectivity index (χ1) is 8.40. The van der Waals surface area contributed by atoms with Gasteiger partial charge in [0.1, 0.15) is 0 Å². The van der Waals surface area contributed by atoms with E-state index in [4.69, 9.17) is 10.5 Å². The summed E-state index contributed by atoms with van der Waals surface area (Å²) in [5.74, 6) is -3.99. The number of halogens is 2. The molecule has 3 atom stereocenters. The van der Waals surface area contributed by atoms with Crippen LogP contribution in [0, 0.1) is 5.92 Å². The third kappa shape index (κ3) is 2.14. The summed E-state index contributed by atoms with van der Waals surface area (Å²) < 4.78 is 32.4. The minimum absolute atomic E-state index is 0.146. The van der Waals surface area contributed by atoms with Gasteiger partial charge in [-0.3, -0.25) is 4.79 Å². The average molecular weight is 260 g/mol. The van der Waals surface area contributed by atoms with Crippen LogP contribution in [0.5, 0.6) is 0 Å². The number of nitrogens with one attached hydrogen (secondary N) is 1. The van der Waals surface area contributed by atoms with Crippen molar-refractivity contribution in [2.45, 2.75) is 37.3 Å². The van der Waals surface area contributed by atoms with Gasteiger partial charge in [-0.25, -0.2) is 8.78 Å². The molecule has 0 bridgehead atoms. The Kier molecular flexibility index (Phi) is 3.42. The van der Waals surface area contributed by atoms with E-state index in [0.29, 0.717) is 19.4 Å². The number of carbonyl (C=O) groups is 1. The second-order valence-electron chi connectivity index (χ2n) is 4.99. The lowest BCUT2D eigenvalue weighted by atomic mass is 10.1. The van der Waals surface area contributed by atoms with Gasteiger partial charge in [-0.1, -0.05) is 6.08 Å². The number of ether oxygens (including phenoxy) is 1. The maximum absolute atomic E-state index is 13.6. The largest absolute Gasteiger partial charge is 0.366 e. The van der Waals surface area contributed by atoms with Gasteiger partial charge >= 0.3 is 0 Å². The predicted molar refractivity (Wildman–Crippen MR) is 62.2 cm³/mol. The highest BCUT2D eigenvalue weighted by molar-refractivity contribution is 5.87. The number of amides is 1. The molecular formula is C12H18F2N2O2. The number of rotatable bonds is 4. The van der Waals surface area contributed by atoms with Crippen molar-refractivity contribution in [3.8, 4) is 0 Å². The van der Waals surface area contributed by atoms with Crippen LogP contribution in [0.1, 0.15) is 19.8 Å². The van der Waals surface area contributed by atoms with Crippen molar-refractivity contribution >= 4 is 5.91 Å². The van der Waals surface area contributed by atoms with E-state index in [-0.39, 0.29) is 12.6 Å². The molecule has 1 aliphatic carbocycles. The lowest BCUT2D eigenvalue weighted by Crippen LogP contribution is -2.40. The van der Waals surface area contributed by atoms with E-state index in [9.17, 15) is 13.6 Å². The second kappa shape index (κ2) is 4.59. The number of hydrogen-bond donors (Lipinski definition) is 2. The first-order valence-corrected chi connectivity index (χ1v) is 6.13. The fourth-order valence-electron chi connectivity index (χ4n) is 2.47. The van der Waals surface area contributed by atoms with Crippen LogP contribution in [0.3, 0.4) is 0 Å². The summed E-state index contributed by atoms with van der Waals surface area (Å²) in [6.07, 6.45) is 3.88. The van der Waals surface area contributed by atoms with Gasteiger partial charge in [-0.2, -0.15) is 0 Å². The number of nitrogens with two attached hydrogens (primary N) is 1. The van der Waals surface area contributed by atoms with Gasteiger partial charge in [0.05, 0.1) is 12.5 Å². The maximum atomic E-state index is 13.6. The van der Waals surface area contributed by atoms with Crippen LogP contribution in [-0.2, 0) is 9.53 Å². The van der Waals surface area contributed by atoms with E-state index in [2.05, 4.69) is 5.32 Å². The number of hydrogen-bond acceptors (Lipinski definition) is 3. The highest BCUT2D eigenvalue weighted by atomic mass is 19.3. The van der Waals surface area contributed by atoms with E-state index < -0.39 is 23.3 Å². The Bertz CT molecular complexity index is 371. The summed E-state index contributed by atoms with van der Waals surface area (Å²) >= 11 is 0. The second-order valence-corrected chi connectivity index (χ2v) is 4.99. The molecule has 2 rings (SSSR count). The normalized spacial score (nSPS) is 35.0. The van der Waals surface area contributed by atoms with Gasteiger partial charge in [0.2, 0.25) is 5.91 Å². The molecule has 0 radical (unpaired) electrons. The van der Waals surface area contributed by atoms with Crippen molar-refractivity contribution in [3.05, 3.63) is 12.2 Å². The van der Waals surface area contributed by atoms with E-state index in [1.54, 1.807) is 6.92 Å². The summed E-state index contributed by atoms with van der Waals surface area (Å²) in [6.45, 7) is 1.90. The van der Waals surface area contributed by atoms with Gasteiger partial charge < -0.3 is 15.8 Å². The van der Waals surface area contributed by atoms with E-state index in [1.165, 1.54) is 12.2 Å². The Hall–Kier alpha value is -1.01. The fourth-order valence-corrected chi connectivity index (χ4v) is 2.47. The molecule has 1 saturated carbocycles. The van der Waals surface area contributed by atoms with Gasteiger partial charge in [0.15, 0.2) is 5.60 Å². The van der Waals surface area contributed by atoms with Crippen molar-refractivity contribution < 1.29 is 18.3 Å². The number of carbonyl (C=O) groups excluding carboxylic acids is 1. The lowest BCUT2D eigenvalue weighted by Gasteiger charge is -2.21. The zero-order valence-corrected chi connectivity index (χ0v) is 10.3. The molecule has 1 aliphatic heterocycles. The maximum Gasteiger partial charge on any atom is 0.284 e. The first kappa shape index (κ1) is 13.4. The van der Waals surface area contributed by atoms with Crippen LogP contribution in [0.2, 0.25) is 0 Å². The van der Waals surface area contributed by atoms with E-state index >= 15 is 0 Å². The molecule has 2 fully saturated rings. The standard InChI is InChI=1S/C12H18F2N2O2/c1-8(15)4-5-10(17)16-7-11-9(12(11,13)14)3-2-6-18-11/h4-5,8-9H,2-3,6-7,15H2,1H3,(H,16,17)/b5-4+/t8?,9-,11+/m1/s1. The summed E-state index contributed by atoms with van der Waals surface area (Å²) in [6, 6.07) is -0.241. The summed E-state index contributed by atoms with van der Waals surface area (Å²) in [5.41, 5.74) is 3.98. The molecule has 0 aromatic carbocycles. The SMILES string of the molecule is CC(N)/C=C/C(=O)NC[C@]12OCCC[C@H]1C2(F)F. The highest BCUT2D eigenvalue weighted by Gasteiger charge is 2.82. The van der Waals surface area contributed by atoms with E-state index in [0.717, 1.165) is 0 Å². The first-order valence-electron chi connectivity index (χ1n) is 6.13. The Morgan fingerprint density at radius 3 is 3.00 bits per heavy atom. The molecule has 1 saturated heterocycles. The molecule has 102 valence electrons. The summed E-state index contributed by atoms with van der Waals surface area (Å²) in [7, 11) is 0. The van der Waals surface area contributed by atoms with E-state index in [1.807, 2.05) is 0 Å². The van der Waals surface area contributed by atoms with Crippen molar-refractivity contribution in [2.24, 2.45) is 11.7 Å². The topological polar surface area (TPSA) is 64.4 Å². The van der Waals surface area contributed by atoms with Crippen LogP contribution in [0.25, 0.3) is 0 Å². The molecule has 0 spiro atoms. The predicted octanol–water partition coefficient (Wildman–Crippen LogP) is 0.820. The molecule has 0 aromatic rings. The molecular weight excluding hydrogens is 242 g/mol. The highest BCUT2D eigenvalue weighted by Crippen LogP contribution is 2.64. The molecule has 1 heterocycles. The molecule has 4 nitrogen and oxygen atoms in total. The van der Waals surface area contributed by atoms with Crippen LogP contribution in [0.15, 0.2) is 12.2 Å². The van der Waals surface area contributed by atoms with Crippen LogP contribution in [-0.4, -0.2) is 36.6 Å². The van der Waals surface area contributed by atoms with Crippen molar-refractivity contribution in [3.63, 3.8) is 0 Å². The number of fused-ring (bicyclic) bond motifs is 1. The molecule has 2 aliphatic rings. The fraction of sp³-hybridized carbons (Fsp3) is 0.750. The third-order valence-corrected chi connectivity index (χ3v) is 3.55. The number of alkyl halides is 2. The summed E-state index contributed by atoms with van der Waals surface area (Å²) in [5, 5.41) is 2.46. The smallest absolute Gasteiger partial charge is 0.284 e. The molecule has 1 unspecified atom stereocenters. The molecule has 18 heavy (non-hydrogen) atoms. The van der Waals surface area contributed by atoms with Gasteiger partial charge in [-0.05, 0) is 19.8 Å². The quantitative estimate of drug-likeness (QED) is 0.736. The van der Waals surface area contributed by atoms with Gasteiger partial charge in [-0.15, -0.1) is 0 Å². The Balaban J connectivity index is 1.89. The molecule has 6 heteroatoms. The minimum Gasteiger partial charge on any atom is -0.366 e. The summed E-state index contributed by atoms with van der Waals surface area (Å²) in [4.78, 5) is 11.4. The van der Waals surface area contributed by atoms with Crippen LogP contribution >= 0.6 is 0 Å². The molecule has 3 N–H and O–H groups in total. The van der Waals surface area contributed by atoms with Crippen LogP contribution in [0.4, 0.5) is 8.78 Å². The lowest BCUT2D eigenvalue weighted by molar-refractivity contribution is -0.118. The van der Waals surface area contributed by atoms with Crippen LogP contribution < -0.4 is 11.1 Å².